The highest BCUT2D eigenvalue weighted by Crippen LogP contribution is 2.20. The van der Waals surface area contributed by atoms with Crippen LogP contribution in [0.5, 0.6) is 0 Å². The van der Waals surface area contributed by atoms with E-state index in [-0.39, 0.29) is 23.2 Å². The molecule has 0 radical (unpaired) electrons. The van der Waals surface area contributed by atoms with Crippen molar-refractivity contribution in [1.82, 2.24) is 15.1 Å². The standard InChI is InChI=1S/C24H27N3O3/c1-30-18-17-27-23(28)16-15-22(26-27)24(29)25-21(20-12-6-3-7-13-20)14-8-11-19-9-4-2-5-10-19/h2-7,9-10,12-13,15-16,21H,8,11,14,17-18H2,1H3,(H,25,29). The highest BCUT2D eigenvalue weighted by Gasteiger charge is 2.17. The number of methoxy groups -OCH3 is 1. The van der Waals surface area contributed by atoms with E-state index >= 15 is 0 Å². The molecular formula is C24H27N3O3. The van der Waals surface area contributed by atoms with Crippen LogP contribution in [-0.2, 0) is 17.7 Å². The lowest BCUT2D eigenvalue weighted by molar-refractivity contribution is 0.0925. The van der Waals surface area contributed by atoms with Crippen LogP contribution in [0.15, 0.2) is 77.6 Å². The van der Waals surface area contributed by atoms with Gasteiger partial charge in [-0.2, -0.15) is 5.10 Å². The van der Waals surface area contributed by atoms with Crippen molar-refractivity contribution < 1.29 is 9.53 Å². The van der Waals surface area contributed by atoms with E-state index in [0.717, 1.165) is 24.8 Å². The maximum absolute atomic E-state index is 12.9. The topological polar surface area (TPSA) is 73.2 Å². The van der Waals surface area contributed by atoms with Gasteiger partial charge in [0, 0.05) is 13.2 Å². The number of hydrogen-bond acceptors (Lipinski definition) is 4. The largest absolute Gasteiger partial charge is 0.383 e. The fraction of sp³-hybridized carbons (Fsp3) is 0.292. The Morgan fingerprint density at radius 2 is 1.73 bits per heavy atom. The van der Waals surface area contributed by atoms with Crippen molar-refractivity contribution in [2.45, 2.75) is 31.8 Å². The molecule has 156 valence electrons. The Balaban J connectivity index is 1.71. The van der Waals surface area contributed by atoms with Crippen LogP contribution >= 0.6 is 0 Å². The van der Waals surface area contributed by atoms with Crippen LogP contribution in [0.2, 0.25) is 0 Å². The van der Waals surface area contributed by atoms with Crippen molar-refractivity contribution in [3.05, 3.63) is 100.0 Å². The Bertz CT molecular complexity index is 987. The summed E-state index contributed by atoms with van der Waals surface area (Å²) in [5.41, 5.74) is 2.29. The zero-order valence-electron chi connectivity index (χ0n) is 17.2. The fourth-order valence-electron chi connectivity index (χ4n) is 3.30. The molecule has 1 amide bonds. The maximum Gasteiger partial charge on any atom is 0.272 e. The summed E-state index contributed by atoms with van der Waals surface area (Å²) in [5, 5.41) is 7.29. The molecule has 3 rings (SSSR count). The molecular weight excluding hydrogens is 378 g/mol. The van der Waals surface area contributed by atoms with Gasteiger partial charge in [-0.15, -0.1) is 0 Å². The molecule has 30 heavy (non-hydrogen) atoms. The van der Waals surface area contributed by atoms with Crippen LogP contribution in [0, 0.1) is 0 Å². The first kappa shape index (κ1) is 21.5. The second-order valence-corrected chi connectivity index (χ2v) is 7.09. The molecule has 1 aromatic heterocycles. The minimum atomic E-state index is -0.297. The van der Waals surface area contributed by atoms with Crippen molar-refractivity contribution in [3.63, 3.8) is 0 Å². The lowest BCUT2D eigenvalue weighted by atomic mass is 9.99. The molecule has 0 fully saturated rings. The molecule has 1 unspecified atom stereocenters. The average molecular weight is 405 g/mol. The summed E-state index contributed by atoms with van der Waals surface area (Å²) in [5.74, 6) is -0.297. The number of nitrogens with one attached hydrogen (secondary N) is 1. The Labute approximate surface area is 176 Å². The molecule has 0 saturated heterocycles. The number of amides is 1. The second kappa shape index (κ2) is 11.1. The van der Waals surface area contributed by atoms with Gasteiger partial charge in [-0.05, 0) is 36.5 Å². The summed E-state index contributed by atoms with van der Waals surface area (Å²) in [6.07, 6.45) is 2.68. The van der Waals surface area contributed by atoms with Gasteiger partial charge >= 0.3 is 0 Å². The highest BCUT2D eigenvalue weighted by molar-refractivity contribution is 5.92. The van der Waals surface area contributed by atoms with Gasteiger partial charge < -0.3 is 10.1 Å². The van der Waals surface area contributed by atoms with Crippen molar-refractivity contribution in [2.75, 3.05) is 13.7 Å². The summed E-state index contributed by atoms with van der Waals surface area (Å²) in [6.45, 7) is 0.653. The van der Waals surface area contributed by atoms with Gasteiger partial charge in [-0.3, -0.25) is 9.59 Å². The molecule has 0 bridgehead atoms. The van der Waals surface area contributed by atoms with E-state index < -0.39 is 0 Å². The van der Waals surface area contributed by atoms with Crippen LogP contribution in [0.1, 0.15) is 40.5 Å². The molecule has 0 aliphatic carbocycles. The first-order valence-electron chi connectivity index (χ1n) is 10.1. The zero-order valence-corrected chi connectivity index (χ0v) is 17.2. The quantitative estimate of drug-likeness (QED) is 0.561. The van der Waals surface area contributed by atoms with Gasteiger partial charge in [-0.1, -0.05) is 60.7 Å². The van der Waals surface area contributed by atoms with Gasteiger partial charge in [0.1, 0.15) is 5.69 Å². The number of aryl methyl sites for hydroxylation is 1. The molecule has 0 spiro atoms. The van der Waals surface area contributed by atoms with E-state index in [4.69, 9.17) is 4.74 Å². The SMILES string of the molecule is COCCn1nc(C(=O)NC(CCCc2ccccc2)c2ccccc2)ccc1=O. The van der Waals surface area contributed by atoms with E-state index in [1.54, 1.807) is 7.11 Å². The predicted molar refractivity (Wildman–Crippen MR) is 116 cm³/mol. The van der Waals surface area contributed by atoms with E-state index in [1.807, 2.05) is 48.5 Å². The Hall–Kier alpha value is -3.25. The summed E-state index contributed by atoms with van der Waals surface area (Å²) < 4.78 is 6.26. The van der Waals surface area contributed by atoms with Crippen LogP contribution in [0.25, 0.3) is 0 Å². The number of hydrogen-bond donors (Lipinski definition) is 1. The van der Waals surface area contributed by atoms with E-state index in [2.05, 4.69) is 22.5 Å². The third kappa shape index (κ3) is 6.12. The average Bonchev–Trinajstić information content (AvgIpc) is 2.79. The molecule has 0 aliphatic rings. The molecule has 1 heterocycles. The molecule has 2 aromatic carbocycles. The summed E-state index contributed by atoms with van der Waals surface area (Å²) in [4.78, 5) is 24.8. The van der Waals surface area contributed by atoms with Crippen LogP contribution in [0.3, 0.4) is 0 Å². The predicted octanol–water partition coefficient (Wildman–Crippen LogP) is 3.38. The van der Waals surface area contributed by atoms with Crippen LogP contribution < -0.4 is 10.9 Å². The minimum Gasteiger partial charge on any atom is -0.383 e. The Kier molecular flexibility index (Phi) is 7.92. The normalized spacial score (nSPS) is 11.8. The van der Waals surface area contributed by atoms with Gasteiger partial charge in [0.2, 0.25) is 0 Å². The lowest BCUT2D eigenvalue weighted by Gasteiger charge is -2.19. The second-order valence-electron chi connectivity index (χ2n) is 7.09. The number of ether oxygens (including phenoxy) is 1. The first-order valence-corrected chi connectivity index (χ1v) is 10.1. The fourth-order valence-corrected chi connectivity index (χ4v) is 3.30. The molecule has 0 saturated carbocycles. The monoisotopic (exact) mass is 405 g/mol. The smallest absolute Gasteiger partial charge is 0.272 e. The van der Waals surface area contributed by atoms with Crippen molar-refractivity contribution in [2.24, 2.45) is 0 Å². The number of aromatic nitrogens is 2. The molecule has 0 aliphatic heterocycles. The van der Waals surface area contributed by atoms with Gasteiger partial charge in [-0.25, -0.2) is 4.68 Å². The number of nitrogens with zero attached hydrogens (tertiary/aromatic N) is 2. The van der Waals surface area contributed by atoms with Crippen LogP contribution in [0.4, 0.5) is 0 Å². The molecule has 6 heteroatoms. The molecule has 1 atom stereocenters. The summed E-state index contributed by atoms with van der Waals surface area (Å²) in [7, 11) is 1.56. The minimum absolute atomic E-state index is 0.136. The zero-order chi connectivity index (χ0) is 21.2. The summed E-state index contributed by atoms with van der Waals surface area (Å²) >= 11 is 0. The van der Waals surface area contributed by atoms with Crippen molar-refractivity contribution >= 4 is 5.91 Å². The van der Waals surface area contributed by atoms with E-state index in [9.17, 15) is 9.59 Å². The summed E-state index contributed by atoms with van der Waals surface area (Å²) in [6, 6.07) is 22.9. The van der Waals surface area contributed by atoms with Gasteiger partial charge in [0.05, 0.1) is 19.2 Å². The van der Waals surface area contributed by atoms with Gasteiger partial charge in [0.15, 0.2) is 0 Å². The van der Waals surface area contributed by atoms with E-state index in [0.29, 0.717) is 13.2 Å². The van der Waals surface area contributed by atoms with Gasteiger partial charge in [0.25, 0.3) is 11.5 Å². The number of carbonyl (C=O) groups is 1. The number of rotatable bonds is 10. The van der Waals surface area contributed by atoms with Crippen LogP contribution in [-0.4, -0.2) is 29.4 Å². The Morgan fingerprint density at radius 3 is 2.43 bits per heavy atom. The lowest BCUT2D eigenvalue weighted by Crippen LogP contribution is -2.32. The molecule has 1 N–H and O–H groups in total. The first-order chi connectivity index (χ1) is 14.7. The number of benzene rings is 2. The van der Waals surface area contributed by atoms with Crippen molar-refractivity contribution in [3.8, 4) is 0 Å². The third-order valence-corrected chi connectivity index (χ3v) is 4.91. The molecule has 6 nitrogen and oxygen atoms in total. The molecule has 3 aromatic rings. The Morgan fingerprint density at radius 1 is 1.03 bits per heavy atom. The van der Waals surface area contributed by atoms with Crippen molar-refractivity contribution in [1.29, 1.82) is 0 Å². The maximum atomic E-state index is 12.9. The number of carbonyl (C=O) groups excluding carboxylic acids is 1. The third-order valence-electron chi connectivity index (χ3n) is 4.91. The highest BCUT2D eigenvalue weighted by atomic mass is 16.5. The van der Waals surface area contributed by atoms with E-state index in [1.165, 1.54) is 22.4 Å².